The van der Waals surface area contributed by atoms with Gasteiger partial charge < -0.3 is 0 Å². The maximum atomic E-state index is 5.72. The van der Waals surface area contributed by atoms with E-state index in [1.807, 2.05) is 12.3 Å². The summed E-state index contributed by atoms with van der Waals surface area (Å²) in [5, 5.41) is 4.59. The molecule has 1 atom stereocenters. The molecule has 2 aromatic heterocycles. The molecule has 0 spiro atoms. The number of aryl methyl sites for hydroxylation is 3. The number of hydrogen-bond donors (Lipinski definition) is 2. The molecular weight excluding hydrogens is 262 g/mol. The number of rotatable bonds is 8. The Morgan fingerprint density at radius 1 is 1.38 bits per heavy atom. The topological polar surface area (TPSA) is 68.8 Å². The molecule has 0 aliphatic heterocycles. The zero-order valence-corrected chi connectivity index (χ0v) is 12.9. The first-order valence-corrected chi connectivity index (χ1v) is 7.67. The lowest BCUT2D eigenvalue weighted by Gasteiger charge is -2.16. The van der Waals surface area contributed by atoms with Crippen LogP contribution in [0.15, 0.2) is 30.6 Å². The van der Waals surface area contributed by atoms with Crippen LogP contribution in [0.2, 0.25) is 0 Å². The highest BCUT2D eigenvalue weighted by Crippen LogP contribution is 2.12. The van der Waals surface area contributed by atoms with Crippen LogP contribution in [0.1, 0.15) is 37.2 Å². The lowest BCUT2D eigenvalue weighted by molar-refractivity contribution is 0.471. The van der Waals surface area contributed by atoms with E-state index in [1.165, 1.54) is 11.3 Å². The number of aromatic nitrogens is 3. The van der Waals surface area contributed by atoms with Crippen molar-refractivity contribution >= 4 is 0 Å². The molecule has 0 amide bonds. The summed E-state index contributed by atoms with van der Waals surface area (Å²) in [4.78, 5) is 4.15. The number of nitrogens with two attached hydrogens (primary N) is 1. The third-order valence-electron chi connectivity index (χ3n) is 3.77. The lowest BCUT2D eigenvalue weighted by Crippen LogP contribution is -2.37. The third kappa shape index (κ3) is 4.37. The molecule has 0 saturated carbocycles. The van der Waals surface area contributed by atoms with Gasteiger partial charge in [-0.05, 0) is 43.9 Å². The van der Waals surface area contributed by atoms with Crippen LogP contribution < -0.4 is 11.3 Å². The summed E-state index contributed by atoms with van der Waals surface area (Å²) in [6, 6.07) is 6.51. The van der Waals surface area contributed by atoms with Gasteiger partial charge in [0.15, 0.2) is 0 Å². The Bertz CT molecular complexity index is 535. The van der Waals surface area contributed by atoms with Crippen LogP contribution in [0.5, 0.6) is 0 Å². The number of nitrogens with zero attached hydrogens (tertiary/aromatic N) is 3. The monoisotopic (exact) mass is 287 g/mol. The van der Waals surface area contributed by atoms with Crippen LogP contribution in [0.4, 0.5) is 0 Å². The molecule has 1 unspecified atom stereocenters. The van der Waals surface area contributed by atoms with E-state index in [4.69, 9.17) is 5.84 Å². The minimum Gasteiger partial charge on any atom is -0.271 e. The van der Waals surface area contributed by atoms with Crippen molar-refractivity contribution in [1.29, 1.82) is 0 Å². The fraction of sp³-hybridized carbons (Fsp3) is 0.500. The first kappa shape index (κ1) is 15.7. The van der Waals surface area contributed by atoms with E-state index in [1.54, 1.807) is 6.20 Å². The standard InChI is InChI=1S/C16H25N5/c1-3-14-10-16(21(4-2)20-14)11-15(19-17)8-7-13-6-5-9-18-12-13/h5-6,9-10,12,15,19H,3-4,7-8,11,17H2,1-2H3. The van der Waals surface area contributed by atoms with E-state index in [-0.39, 0.29) is 6.04 Å². The highest BCUT2D eigenvalue weighted by molar-refractivity contribution is 5.13. The summed E-state index contributed by atoms with van der Waals surface area (Å²) in [7, 11) is 0. The third-order valence-corrected chi connectivity index (χ3v) is 3.77. The molecule has 2 aromatic rings. The summed E-state index contributed by atoms with van der Waals surface area (Å²) >= 11 is 0. The van der Waals surface area contributed by atoms with E-state index >= 15 is 0 Å². The molecule has 3 N–H and O–H groups in total. The van der Waals surface area contributed by atoms with Crippen molar-refractivity contribution in [3.63, 3.8) is 0 Å². The Kier molecular flexibility index (Phi) is 5.90. The quantitative estimate of drug-likeness (QED) is 0.574. The molecule has 0 aliphatic rings. The molecule has 5 nitrogen and oxygen atoms in total. The summed E-state index contributed by atoms with van der Waals surface area (Å²) in [6.45, 7) is 5.15. The van der Waals surface area contributed by atoms with Crippen molar-refractivity contribution in [1.82, 2.24) is 20.2 Å². The summed E-state index contributed by atoms with van der Waals surface area (Å²) in [6.07, 6.45) is 7.55. The van der Waals surface area contributed by atoms with Crippen molar-refractivity contribution < 1.29 is 0 Å². The Labute approximate surface area is 126 Å². The average Bonchev–Trinajstić information content (AvgIpc) is 2.94. The minimum absolute atomic E-state index is 0.247. The van der Waals surface area contributed by atoms with Crippen LogP contribution in [-0.2, 0) is 25.8 Å². The predicted octanol–water partition coefficient (Wildman–Crippen LogP) is 1.87. The number of nitrogens with one attached hydrogen (secondary N) is 1. The highest BCUT2D eigenvalue weighted by Gasteiger charge is 2.13. The summed E-state index contributed by atoms with van der Waals surface area (Å²) in [5.74, 6) is 5.72. The molecule has 0 aliphatic carbocycles. The van der Waals surface area contributed by atoms with Gasteiger partial charge in [-0.2, -0.15) is 5.10 Å². The Morgan fingerprint density at radius 2 is 2.24 bits per heavy atom. The van der Waals surface area contributed by atoms with Crippen molar-refractivity contribution in [2.45, 2.75) is 52.1 Å². The van der Waals surface area contributed by atoms with Crippen LogP contribution >= 0.6 is 0 Å². The van der Waals surface area contributed by atoms with Gasteiger partial charge in [0.1, 0.15) is 0 Å². The first-order chi connectivity index (χ1) is 10.3. The van der Waals surface area contributed by atoms with Crippen LogP contribution in [0.3, 0.4) is 0 Å². The van der Waals surface area contributed by atoms with Gasteiger partial charge in [-0.1, -0.05) is 13.0 Å². The van der Waals surface area contributed by atoms with Crippen molar-refractivity contribution in [3.8, 4) is 0 Å². The van der Waals surface area contributed by atoms with Gasteiger partial charge in [0.2, 0.25) is 0 Å². The molecule has 21 heavy (non-hydrogen) atoms. The highest BCUT2D eigenvalue weighted by atomic mass is 15.3. The number of hydrogen-bond acceptors (Lipinski definition) is 4. The summed E-state index contributed by atoms with van der Waals surface area (Å²) < 4.78 is 2.08. The van der Waals surface area contributed by atoms with Crippen LogP contribution in [0, 0.1) is 0 Å². The average molecular weight is 287 g/mol. The molecule has 0 fully saturated rings. The van der Waals surface area contributed by atoms with Gasteiger partial charge in [0, 0.05) is 37.1 Å². The van der Waals surface area contributed by atoms with Crippen molar-refractivity contribution in [2.24, 2.45) is 5.84 Å². The van der Waals surface area contributed by atoms with E-state index < -0.39 is 0 Å². The second kappa shape index (κ2) is 7.90. The largest absolute Gasteiger partial charge is 0.271 e. The van der Waals surface area contributed by atoms with Gasteiger partial charge >= 0.3 is 0 Å². The predicted molar refractivity (Wildman–Crippen MR) is 84.7 cm³/mol. The molecule has 0 aromatic carbocycles. The second-order valence-electron chi connectivity index (χ2n) is 5.26. The van der Waals surface area contributed by atoms with Gasteiger partial charge in [0.05, 0.1) is 5.69 Å². The number of hydrazine groups is 1. The number of pyridine rings is 1. The molecular formula is C16H25N5. The SMILES string of the molecule is CCc1cc(CC(CCc2cccnc2)NN)n(CC)n1. The van der Waals surface area contributed by atoms with Crippen LogP contribution in [0.25, 0.3) is 0 Å². The Morgan fingerprint density at radius 3 is 2.86 bits per heavy atom. The smallest absolute Gasteiger partial charge is 0.0624 e. The molecule has 0 radical (unpaired) electrons. The fourth-order valence-electron chi connectivity index (χ4n) is 2.51. The maximum Gasteiger partial charge on any atom is 0.0624 e. The first-order valence-electron chi connectivity index (χ1n) is 7.67. The summed E-state index contributed by atoms with van der Waals surface area (Å²) in [5.41, 5.74) is 6.59. The minimum atomic E-state index is 0.247. The van der Waals surface area contributed by atoms with E-state index in [0.717, 1.165) is 37.9 Å². The maximum absolute atomic E-state index is 5.72. The van der Waals surface area contributed by atoms with Gasteiger partial charge in [0.25, 0.3) is 0 Å². The Balaban J connectivity index is 1.97. The zero-order chi connectivity index (χ0) is 15.1. The molecule has 0 bridgehead atoms. The molecule has 2 heterocycles. The molecule has 114 valence electrons. The Hall–Kier alpha value is -1.72. The van der Waals surface area contributed by atoms with Gasteiger partial charge in [-0.15, -0.1) is 0 Å². The normalized spacial score (nSPS) is 12.5. The van der Waals surface area contributed by atoms with E-state index in [0.29, 0.717) is 0 Å². The van der Waals surface area contributed by atoms with E-state index in [9.17, 15) is 0 Å². The van der Waals surface area contributed by atoms with Crippen molar-refractivity contribution in [3.05, 3.63) is 47.5 Å². The van der Waals surface area contributed by atoms with Gasteiger partial charge in [-0.3, -0.25) is 20.9 Å². The lowest BCUT2D eigenvalue weighted by atomic mass is 10.0. The van der Waals surface area contributed by atoms with E-state index in [2.05, 4.69) is 46.2 Å². The molecule has 5 heteroatoms. The molecule has 2 rings (SSSR count). The molecule has 0 saturated heterocycles. The van der Waals surface area contributed by atoms with Gasteiger partial charge in [-0.25, -0.2) is 0 Å². The second-order valence-corrected chi connectivity index (χ2v) is 5.26. The van der Waals surface area contributed by atoms with Crippen molar-refractivity contribution in [2.75, 3.05) is 0 Å². The zero-order valence-electron chi connectivity index (χ0n) is 12.9. The fourth-order valence-corrected chi connectivity index (χ4v) is 2.51. The van der Waals surface area contributed by atoms with Crippen LogP contribution in [-0.4, -0.2) is 20.8 Å².